The molecular weight excluding hydrogens is 153 g/mol. The Balaban J connectivity index is 0.000000810. The maximum Gasteiger partial charge on any atom is 0.148 e. The van der Waals surface area contributed by atoms with Crippen molar-refractivity contribution in [2.45, 2.75) is 0 Å². The second kappa shape index (κ2) is 4.01. The molecule has 1 heterocycles. The highest BCUT2D eigenvalue weighted by atomic mass is 35.5. The van der Waals surface area contributed by atoms with E-state index in [1.807, 2.05) is 0 Å². The van der Waals surface area contributed by atoms with Gasteiger partial charge >= 0.3 is 0 Å². The molecule has 1 aromatic heterocycles. The Morgan fingerprint density at radius 1 is 1.60 bits per heavy atom. The molecule has 0 aliphatic heterocycles. The molecule has 54 valence electrons. The topological polar surface area (TPSA) is 12.9 Å². The summed E-state index contributed by atoms with van der Waals surface area (Å²) in [5, 5.41) is 0. The molecule has 0 radical (unpaired) electrons. The van der Waals surface area contributed by atoms with Crippen LogP contribution in [0.4, 0.5) is 4.39 Å². The minimum atomic E-state index is -0.326. The van der Waals surface area contributed by atoms with Crippen LogP contribution in [0.2, 0.25) is 0 Å². The minimum Gasteiger partial charge on any atom is -0.254 e. The molecule has 0 aliphatic rings. The third kappa shape index (κ3) is 1.81. The minimum absolute atomic E-state index is 0. The van der Waals surface area contributed by atoms with Gasteiger partial charge in [-0.2, -0.15) is 0 Å². The summed E-state index contributed by atoms with van der Waals surface area (Å²) in [4.78, 5) is 3.70. The quantitative estimate of drug-likeness (QED) is 0.613. The van der Waals surface area contributed by atoms with Crippen molar-refractivity contribution in [1.29, 1.82) is 0 Å². The van der Waals surface area contributed by atoms with Gasteiger partial charge in [-0.15, -0.1) is 12.4 Å². The second-order valence-electron chi connectivity index (χ2n) is 1.57. The Labute approximate surface area is 65.0 Å². The van der Waals surface area contributed by atoms with Crippen molar-refractivity contribution in [1.82, 2.24) is 4.98 Å². The van der Waals surface area contributed by atoms with Gasteiger partial charge < -0.3 is 0 Å². The lowest BCUT2D eigenvalue weighted by Gasteiger charge is -1.90. The lowest BCUT2D eigenvalue weighted by atomic mass is 10.3. The van der Waals surface area contributed by atoms with E-state index in [9.17, 15) is 4.39 Å². The summed E-state index contributed by atoms with van der Waals surface area (Å²) in [6.07, 6.45) is 2.91. The summed E-state index contributed by atoms with van der Waals surface area (Å²) < 4.78 is 12.5. The van der Waals surface area contributed by atoms with Crippen molar-refractivity contribution in [3.8, 4) is 0 Å². The van der Waals surface area contributed by atoms with E-state index in [-0.39, 0.29) is 18.2 Å². The van der Waals surface area contributed by atoms with Gasteiger partial charge in [0.15, 0.2) is 0 Å². The standard InChI is InChI=1S/C7H6FN.ClH/c1-2-7-6(8)4-3-5-9-7;/h2-5H,1H2;1H. The van der Waals surface area contributed by atoms with E-state index in [1.54, 1.807) is 6.07 Å². The molecular formula is C7H7ClFN. The molecule has 0 aromatic carbocycles. The summed E-state index contributed by atoms with van der Waals surface area (Å²) >= 11 is 0. The fourth-order valence-electron chi connectivity index (χ4n) is 0.548. The first-order valence-corrected chi connectivity index (χ1v) is 2.57. The highest BCUT2D eigenvalue weighted by Crippen LogP contribution is 2.01. The van der Waals surface area contributed by atoms with Gasteiger partial charge in [0.1, 0.15) is 5.82 Å². The smallest absolute Gasteiger partial charge is 0.148 e. The summed E-state index contributed by atoms with van der Waals surface area (Å²) in [7, 11) is 0. The Morgan fingerprint density at radius 3 is 2.70 bits per heavy atom. The fourth-order valence-corrected chi connectivity index (χ4v) is 0.548. The first kappa shape index (κ1) is 9.11. The van der Waals surface area contributed by atoms with Crippen molar-refractivity contribution in [3.63, 3.8) is 0 Å². The average molecular weight is 160 g/mol. The first-order valence-electron chi connectivity index (χ1n) is 2.57. The number of rotatable bonds is 1. The molecule has 0 N–H and O–H groups in total. The van der Waals surface area contributed by atoms with Gasteiger partial charge in [-0.25, -0.2) is 4.39 Å². The van der Waals surface area contributed by atoms with Crippen LogP contribution in [0, 0.1) is 5.82 Å². The van der Waals surface area contributed by atoms with E-state index in [1.165, 1.54) is 18.3 Å². The van der Waals surface area contributed by atoms with Crippen LogP contribution < -0.4 is 0 Å². The van der Waals surface area contributed by atoms with Crippen LogP contribution in [0.1, 0.15) is 5.69 Å². The maximum atomic E-state index is 12.5. The molecule has 0 unspecified atom stereocenters. The molecule has 0 bridgehead atoms. The van der Waals surface area contributed by atoms with E-state index in [4.69, 9.17) is 0 Å². The molecule has 0 spiro atoms. The van der Waals surface area contributed by atoms with Crippen LogP contribution in [0.15, 0.2) is 24.9 Å². The zero-order valence-corrected chi connectivity index (χ0v) is 6.07. The summed E-state index contributed by atoms with van der Waals surface area (Å²) in [5.41, 5.74) is 0.303. The van der Waals surface area contributed by atoms with Crippen molar-refractivity contribution in [2.24, 2.45) is 0 Å². The Hall–Kier alpha value is -0.890. The van der Waals surface area contributed by atoms with Crippen LogP contribution in [0.25, 0.3) is 6.08 Å². The molecule has 1 aromatic rings. The third-order valence-corrected chi connectivity index (χ3v) is 0.980. The number of pyridine rings is 1. The first-order chi connectivity index (χ1) is 4.34. The zero-order chi connectivity index (χ0) is 6.69. The highest BCUT2D eigenvalue weighted by Gasteiger charge is 1.93. The molecule has 0 aliphatic carbocycles. The van der Waals surface area contributed by atoms with E-state index >= 15 is 0 Å². The van der Waals surface area contributed by atoms with Gasteiger partial charge in [0, 0.05) is 6.20 Å². The van der Waals surface area contributed by atoms with E-state index in [2.05, 4.69) is 11.6 Å². The van der Waals surface area contributed by atoms with Crippen LogP contribution >= 0.6 is 12.4 Å². The Morgan fingerprint density at radius 2 is 2.30 bits per heavy atom. The van der Waals surface area contributed by atoms with Crippen LogP contribution in [-0.2, 0) is 0 Å². The van der Waals surface area contributed by atoms with Gasteiger partial charge in [0.05, 0.1) is 5.69 Å². The molecule has 1 nitrogen and oxygen atoms in total. The number of hydrogen-bond acceptors (Lipinski definition) is 1. The van der Waals surface area contributed by atoms with Gasteiger partial charge in [-0.1, -0.05) is 6.58 Å². The predicted octanol–water partition coefficient (Wildman–Crippen LogP) is 2.29. The molecule has 0 saturated carbocycles. The highest BCUT2D eigenvalue weighted by molar-refractivity contribution is 5.85. The molecule has 0 saturated heterocycles. The molecule has 0 atom stereocenters. The Kier molecular flexibility index (Phi) is 3.65. The summed E-state index contributed by atoms with van der Waals surface area (Å²) in [5.74, 6) is -0.326. The van der Waals surface area contributed by atoms with Gasteiger partial charge in [0.2, 0.25) is 0 Å². The van der Waals surface area contributed by atoms with Crippen molar-refractivity contribution < 1.29 is 4.39 Å². The SMILES string of the molecule is C=Cc1ncccc1F.Cl. The van der Waals surface area contributed by atoms with Crippen LogP contribution in [0.3, 0.4) is 0 Å². The summed E-state index contributed by atoms with van der Waals surface area (Å²) in [6, 6.07) is 2.90. The third-order valence-electron chi connectivity index (χ3n) is 0.980. The van der Waals surface area contributed by atoms with Crippen molar-refractivity contribution in [3.05, 3.63) is 36.4 Å². The van der Waals surface area contributed by atoms with E-state index in [0.29, 0.717) is 5.69 Å². The molecule has 0 amide bonds. The number of halogens is 2. The molecule has 10 heavy (non-hydrogen) atoms. The largest absolute Gasteiger partial charge is 0.254 e. The molecule has 3 heteroatoms. The van der Waals surface area contributed by atoms with Crippen molar-refractivity contribution >= 4 is 18.5 Å². The second-order valence-corrected chi connectivity index (χ2v) is 1.57. The van der Waals surface area contributed by atoms with Gasteiger partial charge in [0.25, 0.3) is 0 Å². The monoisotopic (exact) mass is 159 g/mol. The zero-order valence-electron chi connectivity index (χ0n) is 5.25. The van der Waals surface area contributed by atoms with Gasteiger partial charge in [-0.05, 0) is 18.2 Å². The Bertz CT molecular complexity index is 225. The number of hydrogen-bond donors (Lipinski definition) is 0. The van der Waals surface area contributed by atoms with E-state index < -0.39 is 0 Å². The average Bonchev–Trinajstić information content (AvgIpc) is 1.89. The lowest BCUT2D eigenvalue weighted by Crippen LogP contribution is -1.83. The van der Waals surface area contributed by atoms with Crippen molar-refractivity contribution in [2.75, 3.05) is 0 Å². The maximum absolute atomic E-state index is 12.5. The van der Waals surface area contributed by atoms with Crippen LogP contribution in [0.5, 0.6) is 0 Å². The fraction of sp³-hybridized carbons (Fsp3) is 0. The summed E-state index contributed by atoms with van der Waals surface area (Å²) in [6.45, 7) is 3.39. The normalized spacial score (nSPS) is 8.10. The molecule has 1 rings (SSSR count). The predicted molar refractivity (Wildman–Crippen MR) is 41.5 cm³/mol. The van der Waals surface area contributed by atoms with Gasteiger partial charge in [-0.3, -0.25) is 4.98 Å². The van der Waals surface area contributed by atoms with E-state index in [0.717, 1.165) is 0 Å². The number of aromatic nitrogens is 1. The molecule has 0 fully saturated rings. The number of nitrogens with zero attached hydrogens (tertiary/aromatic N) is 1. The lowest BCUT2D eigenvalue weighted by molar-refractivity contribution is 0.618. The van der Waals surface area contributed by atoms with Crippen LogP contribution in [-0.4, -0.2) is 4.98 Å².